The minimum Gasteiger partial charge on any atom is -0.497 e. The van der Waals surface area contributed by atoms with Crippen LogP contribution >= 0.6 is 0 Å². The second kappa shape index (κ2) is 8.17. The summed E-state index contributed by atoms with van der Waals surface area (Å²) in [6.07, 6.45) is 0.636. The number of hydrogen-bond acceptors (Lipinski definition) is 3. The van der Waals surface area contributed by atoms with Crippen molar-refractivity contribution in [1.82, 2.24) is 5.32 Å². The van der Waals surface area contributed by atoms with Crippen LogP contribution in [0.5, 0.6) is 11.5 Å². The number of aryl methyl sites for hydroxylation is 1. The maximum atomic E-state index is 13.8. The molecule has 2 aromatic carbocycles. The highest BCUT2D eigenvalue weighted by molar-refractivity contribution is 5.94. The second-order valence-corrected chi connectivity index (χ2v) is 5.12. The summed E-state index contributed by atoms with van der Waals surface area (Å²) in [4.78, 5) is 11.9. The van der Waals surface area contributed by atoms with Gasteiger partial charge in [0.2, 0.25) is 0 Å². The van der Waals surface area contributed by atoms with Crippen molar-refractivity contribution in [3.05, 3.63) is 59.4 Å². The number of benzene rings is 2. The molecule has 4 nitrogen and oxygen atoms in total. The van der Waals surface area contributed by atoms with Crippen LogP contribution in [0.4, 0.5) is 4.39 Å². The lowest BCUT2D eigenvalue weighted by Gasteiger charge is -2.09. The van der Waals surface area contributed by atoms with Gasteiger partial charge >= 0.3 is 0 Å². The first-order valence-electron chi connectivity index (χ1n) is 7.41. The zero-order chi connectivity index (χ0) is 16.7. The summed E-state index contributed by atoms with van der Waals surface area (Å²) in [5.41, 5.74) is 1.14. The van der Waals surface area contributed by atoms with E-state index in [2.05, 4.69) is 5.32 Å². The summed E-state index contributed by atoms with van der Waals surface area (Å²) in [5, 5.41) is 2.68. The van der Waals surface area contributed by atoms with Gasteiger partial charge in [-0.15, -0.1) is 0 Å². The number of nitrogens with one attached hydrogen (secondary N) is 1. The molecular weight excluding hydrogens is 297 g/mol. The summed E-state index contributed by atoms with van der Waals surface area (Å²) in [6, 6.07) is 11.9. The maximum absolute atomic E-state index is 13.8. The van der Waals surface area contributed by atoms with Gasteiger partial charge in [-0.1, -0.05) is 12.1 Å². The average molecular weight is 317 g/mol. The van der Waals surface area contributed by atoms with E-state index in [0.29, 0.717) is 25.3 Å². The molecule has 1 amide bonds. The van der Waals surface area contributed by atoms with Gasteiger partial charge in [0, 0.05) is 12.6 Å². The Bertz CT molecular complexity index is 673. The summed E-state index contributed by atoms with van der Waals surface area (Å²) in [7, 11) is 1.45. The van der Waals surface area contributed by atoms with Crippen LogP contribution in [-0.4, -0.2) is 26.2 Å². The maximum Gasteiger partial charge on any atom is 0.254 e. The first kappa shape index (κ1) is 16.8. The summed E-state index contributed by atoms with van der Waals surface area (Å²) >= 11 is 0. The van der Waals surface area contributed by atoms with E-state index in [4.69, 9.17) is 9.47 Å². The Morgan fingerprint density at radius 1 is 1.17 bits per heavy atom. The fourth-order valence-corrected chi connectivity index (χ4v) is 2.07. The van der Waals surface area contributed by atoms with Crippen molar-refractivity contribution in [2.24, 2.45) is 0 Å². The molecule has 0 bridgehead atoms. The van der Waals surface area contributed by atoms with Gasteiger partial charge in [-0.3, -0.25) is 4.79 Å². The Morgan fingerprint density at radius 2 is 2.00 bits per heavy atom. The van der Waals surface area contributed by atoms with Crippen LogP contribution in [0.15, 0.2) is 42.5 Å². The second-order valence-electron chi connectivity index (χ2n) is 5.12. The van der Waals surface area contributed by atoms with E-state index in [1.165, 1.54) is 19.2 Å². The number of hydrogen-bond donors (Lipinski definition) is 1. The third kappa shape index (κ3) is 4.98. The van der Waals surface area contributed by atoms with E-state index in [9.17, 15) is 9.18 Å². The monoisotopic (exact) mass is 317 g/mol. The van der Waals surface area contributed by atoms with Crippen LogP contribution in [0.1, 0.15) is 22.3 Å². The minimum absolute atomic E-state index is 0.00500. The molecule has 5 heteroatoms. The first-order chi connectivity index (χ1) is 11.1. The highest BCUT2D eigenvalue weighted by Gasteiger charge is 2.11. The molecule has 0 spiro atoms. The van der Waals surface area contributed by atoms with Gasteiger partial charge in [0.05, 0.1) is 19.3 Å². The molecule has 0 aliphatic rings. The number of methoxy groups -OCH3 is 1. The van der Waals surface area contributed by atoms with Crippen LogP contribution in [0.2, 0.25) is 0 Å². The molecular formula is C18H20FNO3. The lowest BCUT2D eigenvalue weighted by molar-refractivity contribution is 0.0947. The van der Waals surface area contributed by atoms with Gasteiger partial charge in [-0.2, -0.15) is 0 Å². The van der Waals surface area contributed by atoms with Crippen LogP contribution in [0.3, 0.4) is 0 Å². The lowest BCUT2D eigenvalue weighted by atomic mass is 10.2. The van der Waals surface area contributed by atoms with Crippen LogP contribution < -0.4 is 14.8 Å². The number of halogens is 1. The predicted molar refractivity (Wildman–Crippen MR) is 86.6 cm³/mol. The molecule has 0 unspecified atom stereocenters. The third-order valence-corrected chi connectivity index (χ3v) is 3.29. The summed E-state index contributed by atoms with van der Waals surface area (Å²) in [6.45, 7) is 2.89. The summed E-state index contributed by atoms with van der Waals surface area (Å²) < 4.78 is 24.2. The van der Waals surface area contributed by atoms with E-state index in [0.717, 1.165) is 11.3 Å². The Morgan fingerprint density at radius 3 is 2.70 bits per heavy atom. The van der Waals surface area contributed by atoms with Crippen LogP contribution in [0, 0.1) is 12.7 Å². The zero-order valence-electron chi connectivity index (χ0n) is 13.3. The van der Waals surface area contributed by atoms with Gasteiger partial charge in [-0.25, -0.2) is 4.39 Å². The van der Waals surface area contributed by atoms with Crippen molar-refractivity contribution >= 4 is 5.91 Å². The highest BCUT2D eigenvalue weighted by Crippen LogP contribution is 2.16. The van der Waals surface area contributed by atoms with Crippen molar-refractivity contribution in [3.8, 4) is 11.5 Å². The quantitative estimate of drug-likeness (QED) is 0.797. The van der Waals surface area contributed by atoms with Gasteiger partial charge < -0.3 is 14.8 Å². The molecule has 0 aliphatic heterocycles. The van der Waals surface area contributed by atoms with E-state index in [1.807, 2.05) is 31.2 Å². The van der Waals surface area contributed by atoms with Crippen molar-refractivity contribution in [1.29, 1.82) is 0 Å². The molecule has 2 rings (SSSR count). The molecule has 0 saturated carbocycles. The molecule has 0 fully saturated rings. The van der Waals surface area contributed by atoms with Crippen molar-refractivity contribution in [2.45, 2.75) is 13.3 Å². The van der Waals surface area contributed by atoms with E-state index >= 15 is 0 Å². The Kier molecular flexibility index (Phi) is 5.97. The van der Waals surface area contributed by atoms with E-state index in [1.54, 1.807) is 6.07 Å². The molecule has 0 atom stereocenters. The molecule has 0 saturated heterocycles. The van der Waals surface area contributed by atoms with Gasteiger partial charge in [0.1, 0.15) is 17.3 Å². The molecule has 122 valence electrons. The number of ether oxygens (including phenoxy) is 2. The Labute approximate surface area is 135 Å². The van der Waals surface area contributed by atoms with Crippen LogP contribution in [0.25, 0.3) is 0 Å². The first-order valence-corrected chi connectivity index (χ1v) is 7.41. The van der Waals surface area contributed by atoms with Crippen LogP contribution in [-0.2, 0) is 0 Å². The van der Waals surface area contributed by atoms with Crippen molar-refractivity contribution in [3.63, 3.8) is 0 Å². The molecule has 2 aromatic rings. The highest BCUT2D eigenvalue weighted by atomic mass is 19.1. The fourth-order valence-electron chi connectivity index (χ4n) is 2.07. The topological polar surface area (TPSA) is 47.6 Å². The van der Waals surface area contributed by atoms with Crippen molar-refractivity contribution in [2.75, 3.05) is 20.3 Å². The summed E-state index contributed by atoms with van der Waals surface area (Å²) in [5.74, 6) is 0.140. The third-order valence-electron chi connectivity index (χ3n) is 3.29. The van der Waals surface area contributed by atoms with Crippen molar-refractivity contribution < 1.29 is 18.7 Å². The molecule has 0 aromatic heterocycles. The van der Waals surface area contributed by atoms with E-state index in [-0.39, 0.29) is 5.56 Å². The van der Waals surface area contributed by atoms with Gasteiger partial charge in [-0.05, 0) is 43.2 Å². The molecule has 1 N–H and O–H groups in total. The molecule has 0 aliphatic carbocycles. The molecule has 23 heavy (non-hydrogen) atoms. The molecule has 0 radical (unpaired) electrons. The Balaban J connectivity index is 1.74. The number of carbonyl (C=O) groups excluding carboxylic acids is 1. The predicted octanol–water partition coefficient (Wildman–Crippen LogP) is 3.34. The average Bonchev–Trinajstić information content (AvgIpc) is 2.54. The fraction of sp³-hybridized carbons (Fsp3) is 0.278. The smallest absolute Gasteiger partial charge is 0.254 e. The van der Waals surface area contributed by atoms with Gasteiger partial charge in [0.25, 0.3) is 5.91 Å². The number of carbonyl (C=O) groups is 1. The normalized spacial score (nSPS) is 10.2. The number of rotatable bonds is 7. The van der Waals surface area contributed by atoms with E-state index < -0.39 is 11.7 Å². The minimum atomic E-state index is -0.599. The molecule has 0 heterocycles. The Hall–Kier alpha value is -2.56. The van der Waals surface area contributed by atoms with Gasteiger partial charge in [0.15, 0.2) is 0 Å². The lowest BCUT2D eigenvalue weighted by Crippen LogP contribution is -2.26. The SMILES string of the molecule is COc1ccc(C(=O)NCCCOc2cccc(C)c2)c(F)c1. The standard InChI is InChI=1S/C18H20FNO3/c1-13-5-3-6-15(11-13)23-10-4-9-20-18(21)16-8-7-14(22-2)12-17(16)19/h3,5-8,11-12H,4,9-10H2,1-2H3,(H,20,21). The largest absolute Gasteiger partial charge is 0.497 e. The zero-order valence-corrected chi connectivity index (χ0v) is 13.3. The number of amides is 1.